The standard InChI is InChI=1S/C25H20N2O3/c1-15-12-13-20(29-14-17-8-4-3-5-9-17)21-22(15)26-24(27-25(21)28)23-16(2)18-10-6-7-11-19(18)30-23/h3-13H,14H2,1-2H3,(H,26,27,28). The number of nitrogens with one attached hydrogen (secondary N) is 1. The first-order valence-corrected chi connectivity index (χ1v) is 9.80. The van der Waals surface area contributed by atoms with Crippen LogP contribution in [0.5, 0.6) is 5.75 Å². The third-order valence-electron chi connectivity index (χ3n) is 5.32. The number of hydrogen-bond donors (Lipinski definition) is 1. The van der Waals surface area contributed by atoms with Crippen molar-refractivity contribution in [3.05, 3.63) is 93.8 Å². The topological polar surface area (TPSA) is 68.1 Å². The van der Waals surface area contributed by atoms with Crippen molar-refractivity contribution in [3.63, 3.8) is 0 Å². The molecule has 0 amide bonds. The van der Waals surface area contributed by atoms with Gasteiger partial charge in [0.1, 0.15) is 23.3 Å². The zero-order valence-corrected chi connectivity index (χ0v) is 16.7. The molecule has 0 atom stereocenters. The van der Waals surface area contributed by atoms with Crippen LogP contribution in [0, 0.1) is 13.8 Å². The molecule has 5 aromatic rings. The maximum Gasteiger partial charge on any atom is 0.262 e. The largest absolute Gasteiger partial charge is 0.488 e. The first kappa shape index (κ1) is 18.2. The minimum absolute atomic E-state index is 0.249. The Morgan fingerprint density at radius 3 is 2.53 bits per heavy atom. The predicted molar refractivity (Wildman–Crippen MR) is 118 cm³/mol. The van der Waals surface area contributed by atoms with Gasteiger partial charge in [-0.05, 0) is 37.1 Å². The average molecular weight is 396 g/mol. The number of H-pyrrole nitrogens is 1. The number of hydrogen-bond acceptors (Lipinski definition) is 4. The maximum absolute atomic E-state index is 13.1. The summed E-state index contributed by atoms with van der Waals surface area (Å²) in [6, 6.07) is 21.4. The molecule has 0 aliphatic heterocycles. The quantitative estimate of drug-likeness (QED) is 0.434. The molecule has 0 radical (unpaired) electrons. The summed E-state index contributed by atoms with van der Waals surface area (Å²) >= 11 is 0. The molecule has 3 aromatic carbocycles. The van der Waals surface area contributed by atoms with Crippen molar-refractivity contribution in [1.29, 1.82) is 0 Å². The van der Waals surface area contributed by atoms with E-state index >= 15 is 0 Å². The third-order valence-corrected chi connectivity index (χ3v) is 5.32. The first-order chi connectivity index (χ1) is 14.6. The normalized spacial score (nSPS) is 11.3. The van der Waals surface area contributed by atoms with Crippen LogP contribution < -0.4 is 10.3 Å². The van der Waals surface area contributed by atoms with Gasteiger partial charge in [0.05, 0.1) is 5.52 Å². The smallest absolute Gasteiger partial charge is 0.262 e. The zero-order chi connectivity index (χ0) is 20.7. The Morgan fingerprint density at radius 2 is 1.73 bits per heavy atom. The van der Waals surface area contributed by atoms with E-state index in [1.165, 1.54) is 0 Å². The number of nitrogens with zero attached hydrogens (tertiary/aromatic N) is 1. The molecule has 0 spiro atoms. The van der Waals surface area contributed by atoms with E-state index in [1.807, 2.05) is 80.6 Å². The Morgan fingerprint density at radius 1 is 0.967 bits per heavy atom. The van der Waals surface area contributed by atoms with Crippen LogP contribution in [0.25, 0.3) is 33.5 Å². The lowest BCUT2D eigenvalue weighted by Gasteiger charge is -2.11. The molecule has 0 aliphatic carbocycles. The number of rotatable bonds is 4. The number of aromatic nitrogens is 2. The number of aryl methyl sites for hydroxylation is 2. The molecule has 5 heteroatoms. The molecule has 5 rings (SSSR count). The molecule has 0 fully saturated rings. The van der Waals surface area contributed by atoms with E-state index in [2.05, 4.69) is 4.98 Å². The van der Waals surface area contributed by atoms with Gasteiger partial charge in [-0.3, -0.25) is 4.79 Å². The lowest BCUT2D eigenvalue weighted by atomic mass is 10.1. The summed E-state index contributed by atoms with van der Waals surface area (Å²) in [6.07, 6.45) is 0. The Hall–Kier alpha value is -3.86. The molecule has 2 aromatic heterocycles. The summed E-state index contributed by atoms with van der Waals surface area (Å²) in [5.41, 5.74) is 4.01. The van der Waals surface area contributed by atoms with Crippen molar-refractivity contribution in [1.82, 2.24) is 9.97 Å². The van der Waals surface area contributed by atoms with Gasteiger partial charge in [-0.25, -0.2) is 4.98 Å². The second-order valence-electron chi connectivity index (χ2n) is 7.35. The van der Waals surface area contributed by atoms with Gasteiger partial charge >= 0.3 is 0 Å². The molecule has 1 N–H and O–H groups in total. The van der Waals surface area contributed by atoms with Crippen molar-refractivity contribution in [2.24, 2.45) is 0 Å². The van der Waals surface area contributed by atoms with E-state index in [1.54, 1.807) is 0 Å². The Labute approximate surface area is 173 Å². The molecule has 0 saturated carbocycles. The van der Waals surface area contributed by atoms with Crippen LogP contribution in [-0.4, -0.2) is 9.97 Å². The fourth-order valence-electron chi connectivity index (χ4n) is 3.71. The summed E-state index contributed by atoms with van der Waals surface area (Å²) in [7, 11) is 0. The van der Waals surface area contributed by atoms with Crippen LogP contribution in [0.3, 0.4) is 0 Å². The summed E-state index contributed by atoms with van der Waals surface area (Å²) < 4.78 is 12.0. The average Bonchev–Trinajstić information content (AvgIpc) is 3.11. The van der Waals surface area contributed by atoms with E-state index in [0.29, 0.717) is 34.8 Å². The predicted octanol–water partition coefficient (Wildman–Crippen LogP) is 5.53. The van der Waals surface area contributed by atoms with Crippen molar-refractivity contribution in [2.75, 3.05) is 0 Å². The van der Waals surface area contributed by atoms with E-state index in [-0.39, 0.29) is 5.56 Å². The highest BCUT2D eigenvalue weighted by molar-refractivity contribution is 5.90. The van der Waals surface area contributed by atoms with Gasteiger partial charge in [0.15, 0.2) is 11.6 Å². The van der Waals surface area contributed by atoms with Crippen LogP contribution in [0.2, 0.25) is 0 Å². The van der Waals surface area contributed by atoms with Gasteiger partial charge in [0, 0.05) is 10.9 Å². The van der Waals surface area contributed by atoms with Crippen LogP contribution >= 0.6 is 0 Å². The summed E-state index contributed by atoms with van der Waals surface area (Å²) in [4.78, 5) is 20.7. The van der Waals surface area contributed by atoms with Gasteiger partial charge in [0.2, 0.25) is 0 Å². The minimum Gasteiger partial charge on any atom is -0.488 e. The molecule has 0 aliphatic rings. The Bertz CT molecular complexity index is 1430. The van der Waals surface area contributed by atoms with Crippen LogP contribution in [0.15, 0.2) is 75.9 Å². The highest BCUT2D eigenvalue weighted by atomic mass is 16.5. The SMILES string of the molecule is Cc1c(-c2nc3c(C)ccc(OCc4ccccc4)c3c(=O)[nH]2)oc2ccccc12. The Balaban J connectivity index is 1.62. The van der Waals surface area contributed by atoms with Crippen molar-refractivity contribution < 1.29 is 9.15 Å². The molecule has 5 nitrogen and oxygen atoms in total. The molecule has 0 saturated heterocycles. The van der Waals surface area contributed by atoms with Crippen LogP contribution in [0.4, 0.5) is 0 Å². The van der Waals surface area contributed by atoms with Crippen molar-refractivity contribution in [2.45, 2.75) is 20.5 Å². The second kappa shape index (κ2) is 7.19. The molecule has 0 unspecified atom stereocenters. The monoisotopic (exact) mass is 396 g/mol. The zero-order valence-electron chi connectivity index (χ0n) is 16.7. The minimum atomic E-state index is -0.249. The first-order valence-electron chi connectivity index (χ1n) is 9.80. The number of aromatic amines is 1. The van der Waals surface area contributed by atoms with Crippen LogP contribution in [0.1, 0.15) is 16.7 Å². The highest BCUT2D eigenvalue weighted by Gasteiger charge is 2.18. The van der Waals surface area contributed by atoms with Crippen molar-refractivity contribution in [3.8, 4) is 17.3 Å². The molecular formula is C25H20N2O3. The number of ether oxygens (including phenoxy) is 1. The Kier molecular flexibility index (Phi) is 4.36. The maximum atomic E-state index is 13.1. The van der Waals surface area contributed by atoms with Crippen molar-refractivity contribution >= 4 is 21.9 Å². The fraction of sp³-hybridized carbons (Fsp3) is 0.120. The molecule has 30 heavy (non-hydrogen) atoms. The molecular weight excluding hydrogens is 376 g/mol. The summed E-state index contributed by atoms with van der Waals surface area (Å²) in [6.45, 7) is 4.28. The van der Waals surface area contributed by atoms with E-state index < -0.39 is 0 Å². The highest BCUT2D eigenvalue weighted by Crippen LogP contribution is 2.32. The van der Waals surface area contributed by atoms with Crippen LogP contribution in [-0.2, 0) is 6.61 Å². The number of fused-ring (bicyclic) bond motifs is 2. The summed E-state index contributed by atoms with van der Waals surface area (Å²) in [5.74, 6) is 1.51. The van der Waals surface area contributed by atoms with E-state index in [4.69, 9.17) is 14.1 Å². The molecule has 0 bridgehead atoms. The fourth-order valence-corrected chi connectivity index (χ4v) is 3.71. The van der Waals surface area contributed by atoms with Gasteiger partial charge in [-0.1, -0.05) is 54.6 Å². The van der Waals surface area contributed by atoms with Gasteiger partial charge < -0.3 is 14.1 Å². The number of para-hydroxylation sites is 1. The summed E-state index contributed by atoms with van der Waals surface area (Å²) in [5, 5.41) is 1.45. The number of benzene rings is 3. The second-order valence-corrected chi connectivity index (χ2v) is 7.35. The van der Waals surface area contributed by atoms with E-state index in [9.17, 15) is 4.79 Å². The third kappa shape index (κ3) is 3.05. The van der Waals surface area contributed by atoms with Gasteiger partial charge in [-0.15, -0.1) is 0 Å². The lowest BCUT2D eigenvalue weighted by molar-refractivity contribution is 0.310. The van der Waals surface area contributed by atoms with Gasteiger partial charge in [-0.2, -0.15) is 0 Å². The van der Waals surface area contributed by atoms with Gasteiger partial charge in [0.25, 0.3) is 5.56 Å². The number of furan rings is 1. The lowest BCUT2D eigenvalue weighted by Crippen LogP contribution is -2.12. The molecule has 2 heterocycles. The van der Waals surface area contributed by atoms with E-state index in [0.717, 1.165) is 27.7 Å². The molecule has 148 valence electrons.